The number of aliphatic carboxylic acids is 1. The van der Waals surface area contributed by atoms with Crippen molar-refractivity contribution < 1.29 is 19.1 Å². The molecular weight excluding hydrogens is 446 g/mol. The molecule has 0 saturated carbocycles. The number of carboxylic acid groups (broad SMARTS) is 1. The highest BCUT2D eigenvalue weighted by Gasteiger charge is 2.13. The van der Waals surface area contributed by atoms with E-state index in [4.69, 9.17) is 14.9 Å². The van der Waals surface area contributed by atoms with E-state index in [0.717, 1.165) is 37.7 Å². The molecule has 1 heterocycles. The molecule has 0 saturated heterocycles. The Labute approximate surface area is 182 Å². The summed E-state index contributed by atoms with van der Waals surface area (Å²) in [5, 5.41) is 10.2. The summed E-state index contributed by atoms with van der Waals surface area (Å²) in [5.41, 5.74) is 11.2. The molecule has 152 valence electrons. The molecule has 3 N–H and O–H groups in total. The molecule has 6 heteroatoms. The summed E-state index contributed by atoms with van der Waals surface area (Å²) in [6, 6.07) is 19.4. The molecule has 3 aromatic carbocycles. The van der Waals surface area contributed by atoms with Crippen LogP contribution in [0.25, 0.3) is 22.1 Å². The number of nitrogens with two attached hydrogens (primary N) is 1. The Morgan fingerprint density at radius 3 is 2.73 bits per heavy atom. The van der Waals surface area contributed by atoms with Gasteiger partial charge in [-0.1, -0.05) is 34.1 Å². The third-order valence-electron chi connectivity index (χ3n) is 4.84. The molecule has 4 rings (SSSR count). The van der Waals surface area contributed by atoms with Gasteiger partial charge in [0.05, 0.1) is 12.7 Å². The first-order valence-corrected chi connectivity index (χ1v) is 10.3. The minimum Gasteiger partial charge on any atom is -0.489 e. The number of furan rings is 1. The van der Waals surface area contributed by atoms with Crippen molar-refractivity contribution in [2.24, 2.45) is 5.73 Å². The van der Waals surface area contributed by atoms with Crippen molar-refractivity contribution in [1.29, 1.82) is 0 Å². The SMILES string of the molecule is NCc1cccc(-c2cc(COc3ccc(Br)cc3CC(=O)O)cc3ccoc23)c1. The van der Waals surface area contributed by atoms with Gasteiger partial charge < -0.3 is 20.0 Å². The zero-order chi connectivity index (χ0) is 21.1. The zero-order valence-electron chi connectivity index (χ0n) is 16.1. The Bertz CT molecular complexity index is 1220. The van der Waals surface area contributed by atoms with E-state index in [2.05, 4.69) is 22.0 Å². The number of ether oxygens (including phenoxy) is 1. The molecule has 0 spiro atoms. The van der Waals surface area contributed by atoms with Gasteiger partial charge in [0.15, 0.2) is 0 Å². The second-order valence-corrected chi connectivity index (χ2v) is 7.91. The van der Waals surface area contributed by atoms with Gasteiger partial charge in [-0.3, -0.25) is 4.79 Å². The van der Waals surface area contributed by atoms with Crippen molar-refractivity contribution in [3.05, 3.63) is 88.1 Å². The average Bonchev–Trinajstić information content (AvgIpc) is 3.21. The number of benzene rings is 3. The lowest BCUT2D eigenvalue weighted by Gasteiger charge is -2.13. The van der Waals surface area contributed by atoms with Gasteiger partial charge in [-0.05, 0) is 59.2 Å². The lowest BCUT2D eigenvalue weighted by molar-refractivity contribution is -0.136. The number of carboxylic acids is 1. The molecule has 5 nitrogen and oxygen atoms in total. The molecule has 0 aliphatic rings. The van der Waals surface area contributed by atoms with Crippen molar-refractivity contribution in [1.82, 2.24) is 0 Å². The van der Waals surface area contributed by atoms with Gasteiger partial charge in [-0.2, -0.15) is 0 Å². The van der Waals surface area contributed by atoms with E-state index < -0.39 is 5.97 Å². The highest BCUT2D eigenvalue weighted by molar-refractivity contribution is 9.10. The van der Waals surface area contributed by atoms with Crippen molar-refractivity contribution in [3.8, 4) is 16.9 Å². The van der Waals surface area contributed by atoms with Crippen LogP contribution in [0.2, 0.25) is 0 Å². The molecule has 0 fully saturated rings. The highest BCUT2D eigenvalue weighted by atomic mass is 79.9. The summed E-state index contributed by atoms with van der Waals surface area (Å²) in [7, 11) is 0. The number of fused-ring (bicyclic) bond motifs is 1. The summed E-state index contributed by atoms with van der Waals surface area (Å²) in [5.74, 6) is -0.348. The van der Waals surface area contributed by atoms with Crippen molar-refractivity contribution in [2.75, 3.05) is 0 Å². The number of hydrogen-bond donors (Lipinski definition) is 2. The zero-order valence-corrected chi connectivity index (χ0v) is 17.7. The fourth-order valence-electron chi connectivity index (χ4n) is 3.46. The molecule has 0 atom stereocenters. The number of hydrogen-bond acceptors (Lipinski definition) is 4. The monoisotopic (exact) mass is 465 g/mol. The number of rotatable bonds is 7. The van der Waals surface area contributed by atoms with Crippen molar-refractivity contribution in [2.45, 2.75) is 19.6 Å². The third-order valence-corrected chi connectivity index (χ3v) is 5.34. The fraction of sp³-hybridized carbons (Fsp3) is 0.125. The number of carbonyl (C=O) groups is 1. The Kier molecular flexibility index (Phi) is 5.88. The first-order chi connectivity index (χ1) is 14.5. The molecule has 0 bridgehead atoms. The van der Waals surface area contributed by atoms with Gasteiger partial charge in [-0.25, -0.2) is 0 Å². The van der Waals surface area contributed by atoms with Crippen LogP contribution in [0.3, 0.4) is 0 Å². The van der Waals surface area contributed by atoms with Crippen molar-refractivity contribution >= 4 is 32.9 Å². The average molecular weight is 466 g/mol. The first-order valence-electron chi connectivity index (χ1n) is 9.46. The smallest absolute Gasteiger partial charge is 0.307 e. The lowest BCUT2D eigenvalue weighted by Crippen LogP contribution is -2.04. The summed E-state index contributed by atoms with van der Waals surface area (Å²) in [4.78, 5) is 11.2. The largest absolute Gasteiger partial charge is 0.489 e. The maximum atomic E-state index is 11.2. The molecule has 0 unspecified atom stereocenters. The molecule has 0 aliphatic heterocycles. The lowest BCUT2D eigenvalue weighted by atomic mass is 9.99. The van der Waals surface area contributed by atoms with Gasteiger partial charge in [0.25, 0.3) is 0 Å². The van der Waals surface area contributed by atoms with E-state index in [9.17, 15) is 9.90 Å². The Morgan fingerprint density at radius 1 is 1.07 bits per heavy atom. The van der Waals surface area contributed by atoms with E-state index in [-0.39, 0.29) is 6.42 Å². The topological polar surface area (TPSA) is 85.7 Å². The van der Waals surface area contributed by atoms with E-state index in [1.165, 1.54) is 0 Å². The fourth-order valence-corrected chi connectivity index (χ4v) is 3.87. The van der Waals surface area contributed by atoms with Crippen LogP contribution in [0, 0.1) is 0 Å². The summed E-state index contributed by atoms with van der Waals surface area (Å²) in [6.07, 6.45) is 1.57. The Morgan fingerprint density at radius 2 is 1.93 bits per heavy atom. The van der Waals surface area contributed by atoms with E-state index in [1.807, 2.05) is 42.5 Å². The standard InChI is InChI=1S/C24H20BrNO4/c25-20-4-5-22(19(11-20)12-23(27)28)30-14-16-9-18-6-7-29-24(18)21(10-16)17-3-1-2-15(8-17)13-26/h1-11H,12-14,26H2,(H,27,28). The highest BCUT2D eigenvalue weighted by Crippen LogP contribution is 2.32. The summed E-state index contributed by atoms with van der Waals surface area (Å²) >= 11 is 3.38. The van der Waals surface area contributed by atoms with Crippen LogP contribution >= 0.6 is 15.9 Å². The molecule has 1 aromatic heterocycles. The van der Waals surface area contributed by atoms with Crippen LogP contribution < -0.4 is 10.5 Å². The second kappa shape index (κ2) is 8.73. The van der Waals surface area contributed by atoms with E-state index >= 15 is 0 Å². The van der Waals surface area contributed by atoms with Crippen LogP contribution in [-0.4, -0.2) is 11.1 Å². The van der Waals surface area contributed by atoms with Gasteiger partial charge in [-0.15, -0.1) is 0 Å². The Hall–Kier alpha value is -3.09. The first kappa shape index (κ1) is 20.2. The van der Waals surface area contributed by atoms with Gasteiger partial charge in [0.2, 0.25) is 0 Å². The molecule has 30 heavy (non-hydrogen) atoms. The minimum absolute atomic E-state index is 0.104. The molecule has 0 amide bonds. The molecule has 0 aliphatic carbocycles. The van der Waals surface area contributed by atoms with Crippen molar-refractivity contribution in [3.63, 3.8) is 0 Å². The van der Waals surface area contributed by atoms with Gasteiger partial charge >= 0.3 is 5.97 Å². The van der Waals surface area contributed by atoms with Crippen LogP contribution in [0.5, 0.6) is 5.75 Å². The predicted octanol–water partition coefficient (Wildman–Crippen LogP) is 5.53. The summed E-state index contributed by atoms with van der Waals surface area (Å²) < 4.78 is 12.5. The van der Waals surface area contributed by atoms with Crippen LogP contribution in [-0.2, 0) is 24.4 Å². The maximum absolute atomic E-state index is 11.2. The van der Waals surface area contributed by atoms with Crippen LogP contribution in [0.4, 0.5) is 0 Å². The maximum Gasteiger partial charge on any atom is 0.307 e. The van der Waals surface area contributed by atoms with Gasteiger partial charge in [0.1, 0.15) is 17.9 Å². The molecule has 0 radical (unpaired) electrons. The molecule has 4 aromatic rings. The van der Waals surface area contributed by atoms with E-state index in [0.29, 0.717) is 24.5 Å². The van der Waals surface area contributed by atoms with E-state index in [1.54, 1.807) is 18.4 Å². The third kappa shape index (κ3) is 4.40. The quantitative estimate of drug-likeness (QED) is 0.374. The Balaban J connectivity index is 1.67. The minimum atomic E-state index is -0.903. The van der Waals surface area contributed by atoms with Crippen LogP contribution in [0.1, 0.15) is 16.7 Å². The summed E-state index contributed by atoms with van der Waals surface area (Å²) in [6.45, 7) is 0.771. The number of halogens is 1. The second-order valence-electron chi connectivity index (χ2n) is 7.00. The normalized spacial score (nSPS) is 11.0. The van der Waals surface area contributed by atoms with Gasteiger partial charge in [0, 0.05) is 27.5 Å². The molecular formula is C24H20BrNO4. The predicted molar refractivity (Wildman–Crippen MR) is 119 cm³/mol. The van der Waals surface area contributed by atoms with Crippen LogP contribution in [0.15, 0.2) is 75.8 Å².